The number of carbonyl (C=O) groups excluding carboxylic acids is 1. The van der Waals surface area contributed by atoms with Crippen molar-refractivity contribution >= 4 is 18.3 Å². The molecule has 124 valence electrons. The maximum atomic E-state index is 12.0. The molecule has 21 heavy (non-hydrogen) atoms. The van der Waals surface area contributed by atoms with Gasteiger partial charge in [-0.05, 0) is 45.6 Å². The highest BCUT2D eigenvalue weighted by Gasteiger charge is 2.24. The highest BCUT2D eigenvalue weighted by atomic mass is 35.5. The number of halogens is 1. The number of hydrogen-bond acceptors (Lipinski definition) is 3. The molecule has 1 amide bonds. The first-order valence-corrected chi connectivity index (χ1v) is 8.38. The number of rotatable bonds is 6. The van der Waals surface area contributed by atoms with Gasteiger partial charge in [0, 0.05) is 25.1 Å². The van der Waals surface area contributed by atoms with Crippen molar-refractivity contribution < 1.29 is 9.53 Å². The Kier molecular flexibility index (Phi) is 9.29. The second kappa shape index (κ2) is 10.4. The second-order valence-corrected chi connectivity index (χ2v) is 6.35. The lowest BCUT2D eigenvalue weighted by molar-refractivity contribution is -0.126. The lowest BCUT2D eigenvalue weighted by Crippen LogP contribution is -2.42. The minimum atomic E-state index is 0. The first kappa shape index (κ1) is 18.7. The van der Waals surface area contributed by atoms with E-state index in [1.54, 1.807) is 0 Å². The van der Waals surface area contributed by atoms with E-state index in [0.29, 0.717) is 12.1 Å². The van der Waals surface area contributed by atoms with Crippen LogP contribution in [0.5, 0.6) is 0 Å². The van der Waals surface area contributed by atoms with Crippen molar-refractivity contribution in [3.63, 3.8) is 0 Å². The number of ether oxygens (including phenoxy) is 1. The van der Waals surface area contributed by atoms with E-state index in [-0.39, 0.29) is 24.2 Å². The predicted molar refractivity (Wildman–Crippen MR) is 87.9 cm³/mol. The zero-order valence-corrected chi connectivity index (χ0v) is 14.1. The molecule has 1 heterocycles. The smallest absolute Gasteiger partial charge is 0.223 e. The summed E-state index contributed by atoms with van der Waals surface area (Å²) in [5, 5.41) is 6.44. The van der Waals surface area contributed by atoms with Crippen LogP contribution in [0.25, 0.3) is 0 Å². The van der Waals surface area contributed by atoms with Gasteiger partial charge in [-0.2, -0.15) is 0 Å². The van der Waals surface area contributed by atoms with E-state index >= 15 is 0 Å². The molecule has 5 heteroatoms. The van der Waals surface area contributed by atoms with Crippen molar-refractivity contribution in [3.05, 3.63) is 0 Å². The third kappa shape index (κ3) is 6.98. The summed E-state index contributed by atoms with van der Waals surface area (Å²) < 4.78 is 5.87. The summed E-state index contributed by atoms with van der Waals surface area (Å²) in [7, 11) is 0. The Balaban J connectivity index is 0.00000220. The van der Waals surface area contributed by atoms with Crippen LogP contribution < -0.4 is 10.6 Å². The quantitative estimate of drug-likeness (QED) is 0.740. The van der Waals surface area contributed by atoms with Crippen LogP contribution in [0, 0.1) is 5.92 Å². The molecule has 1 saturated carbocycles. The summed E-state index contributed by atoms with van der Waals surface area (Å²) in [5.74, 6) is 0.432. The van der Waals surface area contributed by atoms with Crippen molar-refractivity contribution in [2.75, 3.05) is 19.7 Å². The van der Waals surface area contributed by atoms with Crippen molar-refractivity contribution in [3.8, 4) is 0 Å². The van der Waals surface area contributed by atoms with Crippen molar-refractivity contribution in [2.24, 2.45) is 5.92 Å². The largest absolute Gasteiger partial charge is 0.378 e. The Morgan fingerprint density at radius 1 is 1.24 bits per heavy atom. The highest BCUT2D eigenvalue weighted by Crippen LogP contribution is 2.20. The van der Waals surface area contributed by atoms with E-state index in [2.05, 4.69) is 17.6 Å². The first-order valence-electron chi connectivity index (χ1n) is 8.38. The van der Waals surface area contributed by atoms with Gasteiger partial charge in [-0.25, -0.2) is 0 Å². The fourth-order valence-corrected chi connectivity index (χ4v) is 3.28. The molecular formula is C16H31ClN2O2. The average Bonchev–Trinajstić information content (AvgIpc) is 2.48. The van der Waals surface area contributed by atoms with Gasteiger partial charge in [0.2, 0.25) is 5.91 Å². The second-order valence-electron chi connectivity index (χ2n) is 6.35. The molecule has 0 unspecified atom stereocenters. The fourth-order valence-electron chi connectivity index (χ4n) is 3.28. The number of carbonyl (C=O) groups is 1. The van der Waals surface area contributed by atoms with Crippen LogP contribution in [0.4, 0.5) is 0 Å². The third-order valence-corrected chi connectivity index (χ3v) is 4.52. The van der Waals surface area contributed by atoms with Crippen LogP contribution in [0.1, 0.15) is 58.3 Å². The van der Waals surface area contributed by atoms with Crippen LogP contribution >= 0.6 is 12.4 Å². The molecule has 0 bridgehead atoms. The van der Waals surface area contributed by atoms with Gasteiger partial charge in [-0.15, -0.1) is 12.4 Å². The van der Waals surface area contributed by atoms with E-state index in [4.69, 9.17) is 4.74 Å². The number of amides is 1. The summed E-state index contributed by atoms with van der Waals surface area (Å²) in [6.45, 7) is 4.65. The van der Waals surface area contributed by atoms with E-state index in [1.165, 1.54) is 32.1 Å². The molecule has 2 fully saturated rings. The van der Waals surface area contributed by atoms with Gasteiger partial charge >= 0.3 is 0 Å². The maximum absolute atomic E-state index is 12.0. The normalized spacial score (nSPS) is 26.9. The zero-order chi connectivity index (χ0) is 14.2. The number of hydrogen-bond donors (Lipinski definition) is 2. The topological polar surface area (TPSA) is 50.4 Å². The minimum Gasteiger partial charge on any atom is -0.378 e. The monoisotopic (exact) mass is 318 g/mol. The summed E-state index contributed by atoms with van der Waals surface area (Å²) in [6.07, 6.45) is 9.78. The maximum Gasteiger partial charge on any atom is 0.223 e. The molecule has 2 aliphatic rings. The standard InChI is InChI=1S/C16H30N2O2.ClH/c1-13-12-14(8-10-17-13)16(19)18-9-5-11-20-15-6-3-2-4-7-15;/h13-15,17H,2-12H2,1H3,(H,18,19);1H/t13-,14-;/m0./s1. The molecule has 0 spiro atoms. The van der Waals surface area contributed by atoms with Gasteiger partial charge in [0.1, 0.15) is 0 Å². The minimum absolute atomic E-state index is 0. The van der Waals surface area contributed by atoms with Crippen molar-refractivity contribution in [1.29, 1.82) is 0 Å². The molecule has 0 aromatic rings. The van der Waals surface area contributed by atoms with Gasteiger partial charge in [-0.3, -0.25) is 4.79 Å². The van der Waals surface area contributed by atoms with Crippen LogP contribution in [-0.2, 0) is 9.53 Å². The Bertz CT molecular complexity index is 296. The number of piperidine rings is 1. The summed E-state index contributed by atoms with van der Waals surface area (Å²) in [5.41, 5.74) is 0. The summed E-state index contributed by atoms with van der Waals surface area (Å²) in [6, 6.07) is 0.467. The van der Waals surface area contributed by atoms with Gasteiger partial charge < -0.3 is 15.4 Å². The van der Waals surface area contributed by atoms with Crippen LogP contribution in [0.3, 0.4) is 0 Å². The Morgan fingerprint density at radius 2 is 2.00 bits per heavy atom. The van der Waals surface area contributed by atoms with Crippen LogP contribution in [0.2, 0.25) is 0 Å². The molecule has 2 N–H and O–H groups in total. The van der Waals surface area contributed by atoms with E-state index in [0.717, 1.165) is 39.0 Å². The Morgan fingerprint density at radius 3 is 2.71 bits per heavy atom. The molecule has 1 saturated heterocycles. The third-order valence-electron chi connectivity index (χ3n) is 4.52. The zero-order valence-electron chi connectivity index (χ0n) is 13.2. The lowest BCUT2D eigenvalue weighted by atomic mass is 9.92. The fraction of sp³-hybridized carbons (Fsp3) is 0.938. The lowest BCUT2D eigenvalue weighted by Gasteiger charge is -2.27. The van der Waals surface area contributed by atoms with Gasteiger partial charge in [-0.1, -0.05) is 19.3 Å². The molecule has 0 aromatic carbocycles. The van der Waals surface area contributed by atoms with Crippen molar-refractivity contribution in [2.45, 2.75) is 70.4 Å². The van der Waals surface area contributed by atoms with Gasteiger partial charge in [0.15, 0.2) is 0 Å². The Labute approximate surface area is 135 Å². The molecule has 2 rings (SSSR count). The SMILES string of the molecule is C[C@H]1C[C@@H](C(=O)NCCCOC2CCCCC2)CCN1.Cl. The van der Waals surface area contributed by atoms with Gasteiger partial charge in [0.25, 0.3) is 0 Å². The molecular weight excluding hydrogens is 288 g/mol. The van der Waals surface area contributed by atoms with E-state index in [1.807, 2.05) is 0 Å². The number of nitrogens with one attached hydrogen (secondary N) is 2. The van der Waals surface area contributed by atoms with Crippen molar-refractivity contribution in [1.82, 2.24) is 10.6 Å². The predicted octanol–water partition coefficient (Wildman–Crippen LogP) is 2.65. The van der Waals surface area contributed by atoms with E-state index < -0.39 is 0 Å². The Hall–Kier alpha value is -0.320. The van der Waals surface area contributed by atoms with Crippen LogP contribution in [0.15, 0.2) is 0 Å². The van der Waals surface area contributed by atoms with E-state index in [9.17, 15) is 4.79 Å². The average molecular weight is 319 g/mol. The molecule has 0 radical (unpaired) electrons. The van der Waals surface area contributed by atoms with Crippen LogP contribution in [-0.4, -0.2) is 37.7 Å². The summed E-state index contributed by atoms with van der Waals surface area (Å²) >= 11 is 0. The molecule has 4 nitrogen and oxygen atoms in total. The molecule has 1 aliphatic heterocycles. The molecule has 0 aromatic heterocycles. The highest BCUT2D eigenvalue weighted by molar-refractivity contribution is 5.85. The van der Waals surface area contributed by atoms with Gasteiger partial charge in [0.05, 0.1) is 6.10 Å². The first-order chi connectivity index (χ1) is 9.75. The molecule has 2 atom stereocenters. The molecule has 1 aliphatic carbocycles. The summed E-state index contributed by atoms with van der Waals surface area (Å²) in [4.78, 5) is 12.0.